The first-order valence-electron chi connectivity index (χ1n) is 12.3. The third-order valence-electron chi connectivity index (χ3n) is 6.98. The number of unbranched alkanes of at least 4 members (excludes halogenated alkanes) is 2. The third-order valence-corrected chi connectivity index (χ3v) is 6.98. The van der Waals surface area contributed by atoms with Crippen LogP contribution in [0.5, 0.6) is 5.75 Å². The van der Waals surface area contributed by atoms with Crippen LogP contribution in [0, 0.1) is 0 Å². The van der Waals surface area contributed by atoms with E-state index >= 15 is 0 Å². The smallest absolute Gasteiger partial charge is 0.122 e. The second kappa shape index (κ2) is 14.3. The predicted octanol–water partition coefficient (Wildman–Crippen LogP) is 7.75. The zero-order chi connectivity index (χ0) is 19.4. The molecule has 1 aliphatic carbocycles. The van der Waals surface area contributed by atoms with Crippen LogP contribution in [0.4, 0.5) is 0 Å². The molecule has 1 aliphatic heterocycles. The number of piperidine rings is 1. The molecule has 3 heteroatoms. The molecule has 166 valence electrons. The van der Waals surface area contributed by atoms with Crippen LogP contribution in [0.3, 0.4) is 0 Å². The summed E-state index contributed by atoms with van der Waals surface area (Å²) >= 11 is 0. The van der Waals surface area contributed by atoms with E-state index in [2.05, 4.69) is 36.1 Å². The summed E-state index contributed by atoms with van der Waals surface area (Å²) in [6.07, 6.45) is 19.3. The van der Waals surface area contributed by atoms with E-state index in [-0.39, 0.29) is 12.4 Å². The molecule has 0 N–H and O–H groups in total. The van der Waals surface area contributed by atoms with Gasteiger partial charge in [0.2, 0.25) is 0 Å². The van der Waals surface area contributed by atoms with Gasteiger partial charge in [-0.3, -0.25) is 0 Å². The molecule has 1 aromatic carbocycles. The normalized spacial score (nSPS) is 20.7. The summed E-state index contributed by atoms with van der Waals surface area (Å²) in [6, 6.07) is 9.68. The highest BCUT2D eigenvalue weighted by molar-refractivity contribution is 5.85. The molecule has 2 nitrogen and oxygen atoms in total. The minimum atomic E-state index is 0. The van der Waals surface area contributed by atoms with Crippen LogP contribution in [-0.2, 0) is 0 Å². The highest BCUT2D eigenvalue weighted by Gasteiger charge is 2.27. The number of ether oxygens (including phenoxy) is 1. The Kier molecular flexibility index (Phi) is 12.1. The molecule has 0 amide bonds. The number of likely N-dealkylation sites (tertiary alicyclic amines) is 1. The molecule has 1 heterocycles. The van der Waals surface area contributed by atoms with Gasteiger partial charge in [0.05, 0.1) is 6.61 Å². The SMILES string of the molecule is CCCCCOc1ccccc1C1CCN(C2CCCCCCCCC2)CC1.Cl. The van der Waals surface area contributed by atoms with Gasteiger partial charge < -0.3 is 9.64 Å². The van der Waals surface area contributed by atoms with Gasteiger partial charge in [0.1, 0.15) is 5.75 Å². The molecule has 0 spiro atoms. The lowest BCUT2D eigenvalue weighted by atomic mass is 9.87. The van der Waals surface area contributed by atoms with Gasteiger partial charge in [-0.05, 0) is 62.7 Å². The first kappa shape index (κ1) is 24.5. The van der Waals surface area contributed by atoms with Gasteiger partial charge in [-0.25, -0.2) is 0 Å². The molecule has 2 aliphatic rings. The van der Waals surface area contributed by atoms with Crippen molar-refractivity contribution in [3.8, 4) is 5.75 Å². The number of benzene rings is 1. The van der Waals surface area contributed by atoms with Crippen molar-refractivity contribution in [1.82, 2.24) is 4.90 Å². The first-order valence-corrected chi connectivity index (χ1v) is 12.3. The summed E-state index contributed by atoms with van der Waals surface area (Å²) in [6.45, 7) is 5.67. The average molecular weight is 422 g/mol. The molecule has 29 heavy (non-hydrogen) atoms. The zero-order valence-electron chi connectivity index (χ0n) is 18.7. The van der Waals surface area contributed by atoms with E-state index in [4.69, 9.17) is 4.74 Å². The fourth-order valence-electron chi connectivity index (χ4n) is 5.21. The Morgan fingerprint density at radius 1 is 0.828 bits per heavy atom. The monoisotopic (exact) mass is 421 g/mol. The van der Waals surface area contributed by atoms with Crippen LogP contribution in [0.15, 0.2) is 24.3 Å². The van der Waals surface area contributed by atoms with Crippen LogP contribution in [0.2, 0.25) is 0 Å². The van der Waals surface area contributed by atoms with Gasteiger partial charge in [-0.15, -0.1) is 12.4 Å². The van der Waals surface area contributed by atoms with Crippen molar-refractivity contribution in [3.63, 3.8) is 0 Å². The number of hydrogen-bond acceptors (Lipinski definition) is 2. The minimum Gasteiger partial charge on any atom is -0.493 e. The van der Waals surface area contributed by atoms with E-state index in [0.29, 0.717) is 5.92 Å². The average Bonchev–Trinajstić information content (AvgIpc) is 2.75. The Labute approximate surface area is 186 Å². The number of para-hydroxylation sites is 1. The number of halogens is 1. The van der Waals surface area contributed by atoms with E-state index in [9.17, 15) is 0 Å². The van der Waals surface area contributed by atoms with Gasteiger partial charge in [0.25, 0.3) is 0 Å². The zero-order valence-corrected chi connectivity index (χ0v) is 19.6. The molecule has 1 saturated carbocycles. The number of nitrogens with zero attached hydrogens (tertiary/aromatic N) is 1. The predicted molar refractivity (Wildman–Crippen MR) is 128 cm³/mol. The third kappa shape index (κ3) is 8.13. The summed E-state index contributed by atoms with van der Waals surface area (Å²) in [5.41, 5.74) is 1.46. The molecule has 2 fully saturated rings. The van der Waals surface area contributed by atoms with Crippen molar-refractivity contribution in [2.45, 2.75) is 109 Å². The summed E-state index contributed by atoms with van der Waals surface area (Å²) in [5.74, 6) is 1.83. The topological polar surface area (TPSA) is 12.5 Å². The van der Waals surface area contributed by atoms with Crippen molar-refractivity contribution < 1.29 is 4.74 Å². The lowest BCUT2D eigenvalue weighted by Crippen LogP contribution is -2.41. The van der Waals surface area contributed by atoms with Gasteiger partial charge in [0, 0.05) is 6.04 Å². The molecule has 0 bridgehead atoms. The van der Waals surface area contributed by atoms with Crippen molar-refractivity contribution in [3.05, 3.63) is 29.8 Å². The van der Waals surface area contributed by atoms with Crippen LogP contribution in [0.25, 0.3) is 0 Å². The Hall–Kier alpha value is -0.730. The molecular formula is C26H44ClNO. The molecule has 1 saturated heterocycles. The molecule has 3 rings (SSSR count). The lowest BCUT2D eigenvalue weighted by molar-refractivity contribution is 0.131. The minimum absolute atomic E-state index is 0. The largest absolute Gasteiger partial charge is 0.493 e. The number of hydrogen-bond donors (Lipinski definition) is 0. The van der Waals surface area contributed by atoms with Crippen LogP contribution in [-0.4, -0.2) is 30.6 Å². The van der Waals surface area contributed by atoms with Gasteiger partial charge in [-0.2, -0.15) is 0 Å². The van der Waals surface area contributed by atoms with Gasteiger partial charge in [0.15, 0.2) is 0 Å². The fraction of sp³-hybridized carbons (Fsp3) is 0.769. The molecular weight excluding hydrogens is 378 g/mol. The van der Waals surface area contributed by atoms with E-state index in [1.165, 1.54) is 109 Å². The Balaban J connectivity index is 0.00000300. The van der Waals surface area contributed by atoms with E-state index < -0.39 is 0 Å². The van der Waals surface area contributed by atoms with Crippen molar-refractivity contribution in [1.29, 1.82) is 0 Å². The molecule has 0 aromatic heterocycles. The Morgan fingerprint density at radius 3 is 2.10 bits per heavy atom. The molecule has 1 aromatic rings. The maximum Gasteiger partial charge on any atom is 0.122 e. The van der Waals surface area contributed by atoms with Crippen LogP contribution < -0.4 is 4.74 Å². The standard InChI is InChI=1S/C26H43NO.ClH/c1-2-3-13-22-28-26-17-12-11-16-25(26)23-18-20-27(21-19-23)24-14-9-7-5-4-6-8-10-15-24;/h11-12,16-17,23-24H,2-10,13-15,18-22H2,1H3;1H. The van der Waals surface area contributed by atoms with Crippen molar-refractivity contribution in [2.24, 2.45) is 0 Å². The second-order valence-electron chi connectivity index (χ2n) is 9.11. The Morgan fingerprint density at radius 2 is 1.45 bits per heavy atom. The van der Waals surface area contributed by atoms with Crippen molar-refractivity contribution >= 4 is 12.4 Å². The van der Waals surface area contributed by atoms with E-state index in [1.54, 1.807) is 0 Å². The summed E-state index contributed by atoms with van der Waals surface area (Å²) < 4.78 is 6.18. The first-order chi connectivity index (χ1) is 13.9. The van der Waals surface area contributed by atoms with Crippen LogP contribution >= 0.6 is 12.4 Å². The van der Waals surface area contributed by atoms with Gasteiger partial charge >= 0.3 is 0 Å². The summed E-state index contributed by atoms with van der Waals surface area (Å²) in [4.78, 5) is 2.84. The number of rotatable bonds is 7. The summed E-state index contributed by atoms with van der Waals surface area (Å²) in [5, 5.41) is 0. The van der Waals surface area contributed by atoms with Gasteiger partial charge in [-0.1, -0.05) is 82.9 Å². The lowest BCUT2D eigenvalue weighted by Gasteiger charge is -2.38. The molecule has 0 unspecified atom stereocenters. The van der Waals surface area contributed by atoms with E-state index in [0.717, 1.165) is 18.4 Å². The molecule has 0 atom stereocenters. The van der Waals surface area contributed by atoms with Crippen molar-refractivity contribution in [2.75, 3.05) is 19.7 Å². The van der Waals surface area contributed by atoms with Crippen LogP contribution in [0.1, 0.15) is 108 Å². The highest BCUT2D eigenvalue weighted by Crippen LogP contribution is 2.35. The summed E-state index contributed by atoms with van der Waals surface area (Å²) in [7, 11) is 0. The maximum atomic E-state index is 6.18. The fourth-order valence-corrected chi connectivity index (χ4v) is 5.21. The Bertz CT molecular complexity index is 531. The second-order valence-corrected chi connectivity index (χ2v) is 9.11. The highest BCUT2D eigenvalue weighted by atomic mass is 35.5. The molecule has 0 radical (unpaired) electrons. The quantitative estimate of drug-likeness (QED) is 0.417. The van der Waals surface area contributed by atoms with E-state index in [1.807, 2.05) is 0 Å². The maximum absolute atomic E-state index is 6.18.